The molecular weight excluding hydrogens is 427 g/mol. The maximum absolute atomic E-state index is 12.4. The van der Waals surface area contributed by atoms with Gasteiger partial charge in [-0.05, 0) is 61.9 Å². The molecule has 1 aromatic carbocycles. The highest BCUT2D eigenvalue weighted by Crippen LogP contribution is 2.29. The van der Waals surface area contributed by atoms with Crippen molar-refractivity contribution in [3.8, 4) is 0 Å². The van der Waals surface area contributed by atoms with E-state index in [1.807, 2.05) is 37.3 Å². The van der Waals surface area contributed by atoms with Gasteiger partial charge in [-0.3, -0.25) is 4.79 Å². The Morgan fingerprint density at radius 1 is 1.28 bits per heavy atom. The lowest BCUT2D eigenvalue weighted by Gasteiger charge is -2.08. The van der Waals surface area contributed by atoms with E-state index in [4.69, 9.17) is 23.2 Å². The van der Waals surface area contributed by atoms with Gasteiger partial charge in [0.1, 0.15) is 5.15 Å². The van der Waals surface area contributed by atoms with Crippen LogP contribution in [0.5, 0.6) is 0 Å². The molecule has 0 aliphatic heterocycles. The van der Waals surface area contributed by atoms with Gasteiger partial charge in [0.05, 0.1) is 28.9 Å². The molecule has 2 heterocycles. The first kappa shape index (κ1) is 20.1. The highest BCUT2D eigenvalue weighted by atomic mass is 35.5. The minimum absolute atomic E-state index is 0.192. The monoisotopic (exact) mass is 446 g/mol. The summed E-state index contributed by atoms with van der Waals surface area (Å²) in [4.78, 5) is 14.4. The SMILES string of the molecule is Cc1nn(Cc2ccc(Cl)cc2)c(Cl)c1C=NNC(=O)c1cc2c(s1)CCCC2. The molecule has 2 aromatic heterocycles. The maximum Gasteiger partial charge on any atom is 0.281 e. The summed E-state index contributed by atoms with van der Waals surface area (Å²) < 4.78 is 1.70. The summed E-state index contributed by atoms with van der Waals surface area (Å²) in [7, 11) is 0. The van der Waals surface area contributed by atoms with Crippen molar-refractivity contribution in [1.82, 2.24) is 15.2 Å². The molecule has 29 heavy (non-hydrogen) atoms. The number of nitrogens with zero attached hydrogens (tertiary/aromatic N) is 3. The number of thiophene rings is 1. The molecule has 0 fully saturated rings. The molecule has 150 valence electrons. The predicted molar refractivity (Wildman–Crippen MR) is 119 cm³/mol. The summed E-state index contributed by atoms with van der Waals surface area (Å²) >= 11 is 14.0. The summed E-state index contributed by atoms with van der Waals surface area (Å²) in [5.74, 6) is -0.192. The fourth-order valence-electron chi connectivity index (χ4n) is 3.39. The summed E-state index contributed by atoms with van der Waals surface area (Å²) in [6.07, 6.45) is 6.07. The molecule has 3 aromatic rings. The van der Waals surface area contributed by atoms with Crippen LogP contribution < -0.4 is 5.43 Å². The third-order valence-corrected chi connectivity index (χ3v) is 6.82. The van der Waals surface area contributed by atoms with Crippen LogP contribution in [0.25, 0.3) is 0 Å². The minimum atomic E-state index is -0.192. The van der Waals surface area contributed by atoms with Gasteiger partial charge in [-0.2, -0.15) is 10.2 Å². The molecule has 0 saturated heterocycles. The van der Waals surface area contributed by atoms with Gasteiger partial charge in [-0.1, -0.05) is 35.3 Å². The number of rotatable bonds is 5. The summed E-state index contributed by atoms with van der Waals surface area (Å²) in [6.45, 7) is 2.39. The van der Waals surface area contributed by atoms with Crippen LogP contribution in [-0.4, -0.2) is 21.9 Å². The number of aromatic nitrogens is 2. The van der Waals surface area contributed by atoms with Crippen LogP contribution in [0.2, 0.25) is 10.2 Å². The normalized spacial score (nSPS) is 13.6. The quantitative estimate of drug-likeness (QED) is 0.429. The zero-order chi connectivity index (χ0) is 20.4. The molecule has 0 saturated carbocycles. The van der Waals surface area contributed by atoms with Gasteiger partial charge in [0, 0.05) is 9.90 Å². The van der Waals surface area contributed by atoms with Crippen molar-refractivity contribution in [3.63, 3.8) is 0 Å². The van der Waals surface area contributed by atoms with E-state index in [0.29, 0.717) is 27.2 Å². The molecule has 0 unspecified atom stereocenters. The van der Waals surface area contributed by atoms with Crippen molar-refractivity contribution in [2.75, 3.05) is 0 Å². The first-order valence-electron chi connectivity index (χ1n) is 9.43. The Labute approximate surface area is 183 Å². The molecular formula is C21H20Cl2N4OS. The van der Waals surface area contributed by atoms with E-state index in [1.165, 1.54) is 23.3 Å². The Morgan fingerprint density at radius 3 is 2.79 bits per heavy atom. The highest BCUT2D eigenvalue weighted by molar-refractivity contribution is 7.14. The second-order valence-electron chi connectivity index (χ2n) is 7.04. The van der Waals surface area contributed by atoms with Crippen LogP contribution >= 0.6 is 34.5 Å². The molecule has 1 amide bonds. The zero-order valence-corrected chi connectivity index (χ0v) is 18.2. The Balaban J connectivity index is 1.44. The molecule has 0 spiro atoms. The molecule has 5 nitrogen and oxygen atoms in total. The van der Waals surface area contributed by atoms with E-state index < -0.39 is 0 Å². The first-order valence-corrected chi connectivity index (χ1v) is 11.0. The number of benzene rings is 1. The van der Waals surface area contributed by atoms with E-state index in [9.17, 15) is 4.79 Å². The van der Waals surface area contributed by atoms with Crippen LogP contribution in [0.1, 0.15) is 49.8 Å². The van der Waals surface area contributed by atoms with E-state index in [2.05, 4.69) is 15.6 Å². The number of halogens is 2. The number of hydrogen-bond acceptors (Lipinski definition) is 4. The van der Waals surface area contributed by atoms with Crippen molar-refractivity contribution >= 4 is 46.7 Å². The standard InChI is InChI=1S/C21H20Cl2N4OS/c1-13-17(20(23)27(26-13)12-14-6-8-16(22)9-7-14)11-24-25-21(28)19-10-15-4-2-3-5-18(15)29-19/h6-11H,2-5,12H2,1H3,(H,25,28). The molecule has 0 radical (unpaired) electrons. The molecule has 1 N–H and O–H groups in total. The van der Waals surface area contributed by atoms with Crippen molar-refractivity contribution in [3.05, 3.63) is 72.6 Å². The number of nitrogens with one attached hydrogen (secondary N) is 1. The zero-order valence-electron chi connectivity index (χ0n) is 15.9. The number of aryl methyl sites for hydroxylation is 3. The second-order valence-corrected chi connectivity index (χ2v) is 8.97. The number of carbonyl (C=O) groups is 1. The molecule has 4 rings (SSSR count). The molecule has 8 heteroatoms. The smallest absolute Gasteiger partial charge is 0.266 e. The number of hydrazone groups is 1. The summed E-state index contributed by atoms with van der Waals surface area (Å²) in [6, 6.07) is 9.53. The topological polar surface area (TPSA) is 59.3 Å². The largest absolute Gasteiger partial charge is 0.281 e. The van der Waals surface area contributed by atoms with Gasteiger partial charge in [0.25, 0.3) is 5.91 Å². The summed E-state index contributed by atoms with van der Waals surface area (Å²) in [5.41, 5.74) is 6.38. The van der Waals surface area contributed by atoms with Crippen molar-refractivity contribution in [1.29, 1.82) is 0 Å². The second kappa shape index (κ2) is 8.69. The minimum Gasteiger partial charge on any atom is -0.266 e. The first-order chi connectivity index (χ1) is 14.0. The Hall–Kier alpha value is -2.15. The fourth-order valence-corrected chi connectivity index (χ4v) is 4.95. The van der Waals surface area contributed by atoms with E-state index >= 15 is 0 Å². The lowest BCUT2D eigenvalue weighted by Crippen LogP contribution is -2.16. The number of carbonyl (C=O) groups excluding carboxylic acids is 1. The van der Waals surface area contributed by atoms with Crippen LogP contribution in [0, 0.1) is 6.92 Å². The van der Waals surface area contributed by atoms with Crippen LogP contribution in [0.15, 0.2) is 35.4 Å². The molecule has 1 aliphatic carbocycles. The van der Waals surface area contributed by atoms with Crippen LogP contribution in [0.3, 0.4) is 0 Å². The van der Waals surface area contributed by atoms with Crippen molar-refractivity contribution < 1.29 is 4.79 Å². The van der Waals surface area contributed by atoms with E-state index in [-0.39, 0.29) is 5.91 Å². The van der Waals surface area contributed by atoms with Gasteiger partial charge in [0.2, 0.25) is 0 Å². The molecule has 0 atom stereocenters. The molecule has 0 bridgehead atoms. The third kappa shape index (κ3) is 4.55. The third-order valence-electron chi connectivity index (χ3n) is 4.94. The van der Waals surface area contributed by atoms with E-state index in [1.54, 1.807) is 22.2 Å². The van der Waals surface area contributed by atoms with E-state index in [0.717, 1.165) is 24.1 Å². The van der Waals surface area contributed by atoms with Crippen molar-refractivity contribution in [2.24, 2.45) is 5.10 Å². The molecule has 1 aliphatic rings. The Kier molecular flexibility index (Phi) is 6.04. The maximum atomic E-state index is 12.4. The lowest BCUT2D eigenvalue weighted by atomic mass is 9.99. The summed E-state index contributed by atoms with van der Waals surface area (Å²) in [5, 5.41) is 9.74. The highest BCUT2D eigenvalue weighted by Gasteiger charge is 2.17. The lowest BCUT2D eigenvalue weighted by molar-refractivity contribution is 0.0959. The number of amides is 1. The van der Waals surface area contributed by atoms with Crippen molar-refractivity contribution in [2.45, 2.75) is 39.2 Å². The fraction of sp³-hybridized carbons (Fsp3) is 0.286. The van der Waals surface area contributed by atoms with Crippen LogP contribution in [0.4, 0.5) is 0 Å². The number of hydrogen-bond donors (Lipinski definition) is 1. The number of fused-ring (bicyclic) bond motifs is 1. The predicted octanol–water partition coefficient (Wildman–Crippen LogP) is 5.25. The van der Waals surface area contributed by atoms with Gasteiger partial charge in [-0.25, -0.2) is 10.1 Å². The van der Waals surface area contributed by atoms with Gasteiger partial charge >= 0.3 is 0 Å². The Morgan fingerprint density at radius 2 is 2.03 bits per heavy atom. The average Bonchev–Trinajstić information content (AvgIpc) is 3.26. The Bertz CT molecular complexity index is 1050. The van der Waals surface area contributed by atoms with Gasteiger partial charge in [-0.15, -0.1) is 11.3 Å². The van der Waals surface area contributed by atoms with Crippen LogP contribution in [-0.2, 0) is 19.4 Å². The van der Waals surface area contributed by atoms with Gasteiger partial charge in [0.15, 0.2) is 0 Å². The van der Waals surface area contributed by atoms with Gasteiger partial charge < -0.3 is 0 Å². The average molecular weight is 447 g/mol.